The van der Waals surface area contributed by atoms with Crippen molar-refractivity contribution < 1.29 is 4.74 Å². The van der Waals surface area contributed by atoms with Gasteiger partial charge in [-0.25, -0.2) is 0 Å². The van der Waals surface area contributed by atoms with E-state index in [-0.39, 0.29) is 0 Å². The maximum absolute atomic E-state index is 5.23. The topological polar surface area (TPSA) is 37.9 Å². The minimum absolute atomic E-state index is 0.859. The number of pyridine rings is 1. The summed E-state index contributed by atoms with van der Waals surface area (Å²) >= 11 is 0. The van der Waals surface area contributed by atoms with Crippen molar-refractivity contribution in [2.45, 2.75) is 0 Å². The monoisotopic (exact) mass is 274 g/mol. The average Bonchev–Trinajstić information content (AvgIpc) is 2.93. The zero-order chi connectivity index (χ0) is 14.2. The van der Waals surface area contributed by atoms with Crippen LogP contribution < -0.4 is 4.74 Å². The number of hydrogen-bond acceptors (Lipinski definition) is 2. The normalized spacial score (nSPS) is 11.1. The number of benzene rings is 2. The van der Waals surface area contributed by atoms with E-state index in [2.05, 4.69) is 40.3 Å². The molecule has 0 amide bonds. The zero-order valence-corrected chi connectivity index (χ0v) is 11.6. The number of fused-ring (bicyclic) bond motifs is 3. The number of rotatable bonds is 2. The number of ether oxygens (including phenoxy) is 1. The number of nitrogens with zero attached hydrogens (tertiary/aromatic N) is 1. The largest absolute Gasteiger partial charge is 0.497 e. The van der Waals surface area contributed by atoms with Crippen molar-refractivity contribution in [3.8, 4) is 16.9 Å². The summed E-state index contributed by atoms with van der Waals surface area (Å²) in [4.78, 5) is 7.79. The van der Waals surface area contributed by atoms with Crippen LogP contribution >= 0.6 is 0 Å². The van der Waals surface area contributed by atoms with E-state index in [1.807, 2.05) is 30.6 Å². The molecule has 21 heavy (non-hydrogen) atoms. The summed E-state index contributed by atoms with van der Waals surface area (Å²) in [6, 6.07) is 16.4. The Morgan fingerprint density at radius 3 is 2.52 bits per heavy atom. The molecule has 0 saturated heterocycles. The van der Waals surface area contributed by atoms with Crippen molar-refractivity contribution in [3.63, 3.8) is 0 Å². The fraction of sp³-hybridized carbons (Fsp3) is 0.0556. The van der Waals surface area contributed by atoms with E-state index in [4.69, 9.17) is 4.74 Å². The highest BCUT2D eigenvalue weighted by Crippen LogP contribution is 2.34. The number of aromatic amines is 1. The lowest BCUT2D eigenvalue weighted by molar-refractivity contribution is 0.415. The molecule has 4 rings (SSSR count). The van der Waals surface area contributed by atoms with Gasteiger partial charge in [0, 0.05) is 28.0 Å². The van der Waals surface area contributed by atoms with Gasteiger partial charge in [0.15, 0.2) is 0 Å². The predicted octanol–water partition coefficient (Wildman–Crippen LogP) is 4.39. The van der Waals surface area contributed by atoms with Crippen molar-refractivity contribution in [2.24, 2.45) is 0 Å². The van der Waals surface area contributed by atoms with Crippen LogP contribution in [0.5, 0.6) is 5.75 Å². The van der Waals surface area contributed by atoms with Crippen LogP contribution in [0, 0.1) is 0 Å². The summed E-state index contributed by atoms with van der Waals surface area (Å²) in [5, 5.41) is 2.44. The number of H-pyrrole nitrogens is 1. The van der Waals surface area contributed by atoms with Crippen LogP contribution in [0.1, 0.15) is 0 Å². The third kappa shape index (κ3) is 1.86. The molecule has 1 N–H and O–H groups in total. The quantitative estimate of drug-likeness (QED) is 0.588. The van der Waals surface area contributed by atoms with Crippen molar-refractivity contribution >= 4 is 21.8 Å². The van der Waals surface area contributed by atoms with Gasteiger partial charge in [0.05, 0.1) is 18.8 Å². The van der Waals surface area contributed by atoms with E-state index in [0.717, 1.165) is 27.9 Å². The van der Waals surface area contributed by atoms with Crippen LogP contribution in [0.3, 0.4) is 0 Å². The molecule has 2 aromatic carbocycles. The van der Waals surface area contributed by atoms with Gasteiger partial charge in [-0.05, 0) is 23.8 Å². The molecule has 0 aliphatic carbocycles. The summed E-state index contributed by atoms with van der Waals surface area (Å²) in [6.07, 6.45) is 3.80. The van der Waals surface area contributed by atoms with E-state index < -0.39 is 0 Å². The molecule has 102 valence electrons. The predicted molar refractivity (Wildman–Crippen MR) is 85.6 cm³/mol. The Hall–Kier alpha value is -2.81. The Balaban J connectivity index is 2.03. The van der Waals surface area contributed by atoms with Crippen molar-refractivity contribution in [3.05, 3.63) is 60.9 Å². The molecule has 0 unspecified atom stereocenters. The van der Waals surface area contributed by atoms with E-state index in [1.54, 1.807) is 7.11 Å². The van der Waals surface area contributed by atoms with E-state index in [9.17, 15) is 0 Å². The third-order valence-electron chi connectivity index (χ3n) is 3.81. The molecule has 0 spiro atoms. The fourth-order valence-electron chi connectivity index (χ4n) is 2.79. The number of para-hydroxylation sites is 1. The molecule has 0 bridgehead atoms. The van der Waals surface area contributed by atoms with E-state index >= 15 is 0 Å². The molecule has 0 saturated carbocycles. The first-order valence-electron chi connectivity index (χ1n) is 6.85. The number of hydrogen-bond donors (Lipinski definition) is 1. The van der Waals surface area contributed by atoms with Crippen LogP contribution in [0.15, 0.2) is 60.9 Å². The highest BCUT2D eigenvalue weighted by atomic mass is 16.5. The molecule has 3 nitrogen and oxygen atoms in total. The average molecular weight is 274 g/mol. The lowest BCUT2D eigenvalue weighted by atomic mass is 10.0. The third-order valence-corrected chi connectivity index (χ3v) is 3.81. The van der Waals surface area contributed by atoms with Crippen molar-refractivity contribution in [2.75, 3.05) is 7.11 Å². The molecule has 3 heteroatoms. The second-order valence-corrected chi connectivity index (χ2v) is 5.01. The van der Waals surface area contributed by atoms with E-state index in [1.165, 1.54) is 10.8 Å². The molecule has 0 aliphatic heterocycles. The highest BCUT2D eigenvalue weighted by Gasteiger charge is 2.10. The van der Waals surface area contributed by atoms with Gasteiger partial charge < -0.3 is 9.72 Å². The molecule has 2 heterocycles. The second-order valence-electron chi connectivity index (χ2n) is 5.01. The van der Waals surface area contributed by atoms with Gasteiger partial charge in [-0.3, -0.25) is 4.98 Å². The Bertz CT molecular complexity index is 923. The minimum Gasteiger partial charge on any atom is -0.497 e. The second kappa shape index (κ2) is 4.63. The first kappa shape index (κ1) is 12.0. The lowest BCUT2D eigenvalue weighted by Crippen LogP contribution is -1.84. The summed E-state index contributed by atoms with van der Waals surface area (Å²) in [6.45, 7) is 0. The van der Waals surface area contributed by atoms with Crippen molar-refractivity contribution in [1.29, 1.82) is 0 Å². The highest BCUT2D eigenvalue weighted by molar-refractivity contribution is 6.13. The summed E-state index contributed by atoms with van der Waals surface area (Å²) in [5.74, 6) is 0.859. The smallest absolute Gasteiger partial charge is 0.118 e. The standard InChI is InChI=1S/C18H14N2O/c1-21-13-8-6-12(7-9-13)15-10-19-11-17-18(15)14-4-2-3-5-16(14)20-17/h2-11,20H,1H3. The van der Waals surface area contributed by atoms with Gasteiger partial charge in [0.25, 0.3) is 0 Å². The number of nitrogens with one attached hydrogen (secondary N) is 1. The van der Waals surface area contributed by atoms with Gasteiger partial charge in [-0.1, -0.05) is 30.3 Å². The molecule has 0 aliphatic rings. The van der Waals surface area contributed by atoms with Crippen LogP contribution in [0.25, 0.3) is 32.9 Å². The Morgan fingerprint density at radius 2 is 1.71 bits per heavy atom. The Morgan fingerprint density at radius 1 is 0.905 bits per heavy atom. The number of aromatic nitrogens is 2. The van der Waals surface area contributed by atoms with Crippen LogP contribution in [0.2, 0.25) is 0 Å². The van der Waals surface area contributed by atoms with Gasteiger partial charge in [0.2, 0.25) is 0 Å². The molecule has 0 fully saturated rings. The fourth-order valence-corrected chi connectivity index (χ4v) is 2.79. The van der Waals surface area contributed by atoms with Gasteiger partial charge in [0.1, 0.15) is 5.75 Å². The summed E-state index contributed by atoms with van der Waals surface area (Å²) in [5.41, 5.74) is 4.46. The minimum atomic E-state index is 0.859. The number of methoxy groups -OCH3 is 1. The SMILES string of the molecule is COc1ccc(-c2cncc3[nH]c4ccccc4c23)cc1. The summed E-state index contributed by atoms with van der Waals surface area (Å²) in [7, 11) is 1.68. The molecule has 0 radical (unpaired) electrons. The molecule has 4 aromatic rings. The van der Waals surface area contributed by atoms with Crippen LogP contribution in [-0.4, -0.2) is 17.1 Å². The van der Waals surface area contributed by atoms with Gasteiger partial charge >= 0.3 is 0 Å². The summed E-state index contributed by atoms with van der Waals surface area (Å²) < 4.78 is 5.23. The van der Waals surface area contributed by atoms with Gasteiger partial charge in [-0.15, -0.1) is 0 Å². The molecule has 2 aromatic heterocycles. The zero-order valence-electron chi connectivity index (χ0n) is 11.6. The molecule has 0 atom stereocenters. The Kier molecular flexibility index (Phi) is 2.64. The van der Waals surface area contributed by atoms with Crippen LogP contribution in [0.4, 0.5) is 0 Å². The van der Waals surface area contributed by atoms with Gasteiger partial charge in [-0.2, -0.15) is 0 Å². The lowest BCUT2D eigenvalue weighted by Gasteiger charge is -2.05. The molecular formula is C18H14N2O. The Labute approximate surface area is 122 Å². The van der Waals surface area contributed by atoms with Crippen LogP contribution in [-0.2, 0) is 0 Å². The van der Waals surface area contributed by atoms with Crippen molar-refractivity contribution in [1.82, 2.24) is 9.97 Å². The first-order chi connectivity index (χ1) is 10.4. The van der Waals surface area contributed by atoms with E-state index in [0.29, 0.717) is 0 Å². The first-order valence-corrected chi connectivity index (χ1v) is 6.85. The maximum atomic E-state index is 5.23. The molecular weight excluding hydrogens is 260 g/mol. The maximum Gasteiger partial charge on any atom is 0.118 e.